The third-order valence-electron chi connectivity index (χ3n) is 4.05. The number of hydrogen-bond donors (Lipinski definition) is 2. The molecule has 0 spiro atoms. The molecule has 6 nitrogen and oxygen atoms in total. The van der Waals surface area contributed by atoms with Crippen LogP contribution in [-0.4, -0.2) is 29.7 Å². The van der Waals surface area contributed by atoms with E-state index in [0.29, 0.717) is 12.1 Å². The number of benzene rings is 1. The number of esters is 1. The summed E-state index contributed by atoms with van der Waals surface area (Å²) in [6.45, 7) is 3.66. The number of H-pyrrole nitrogens is 1. The van der Waals surface area contributed by atoms with Crippen molar-refractivity contribution in [1.82, 2.24) is 4.98 Å². The molecule has 0 fully saturated rings. The average Bonchev–Trinajstić information content (AvgIpc) is 2.59. The number of ether oxygens (including phenoxy) is 1. The Morgan fingerprint density at radius 3 is 2.62 bits per heavy atom. The Bertz CT molecular complexity index is 848. The van der Waals surface area contributed by atoms with Crippen LogP contribution in [0, 0.1) is 5.82 Å². The van der Waals surface area contributed by atoms with Crippen LogP contribution in [0.25, 0.3) is 0 Å². The smallest absolute Gasteiger partial charge is 0.347 e. The fourth-order valence-electron chi connectivity index (χ4n) is 2.76. The number of unbranched alkanes of at least 4 members (excludes halogenated alkanes) is 1. The standard InChI is InChI=1S/C19H23FN2O4/c1-4-6-10-13-16(22(3)14-11-8-7-9-12(14)20)17(23)15(18(24)21-13)19(25)26-5-2/h7-9,11H,4-6,10H2,1-3H3,(H2,21,23,24). The van der Waals surface area contributed by atoms with Gasteiger partial charge in [-0.05, 0) is 31.9 Å². The third-order valence-corrected chi connectivity index (χ3v) is 4.05. The van der Waals surface area contributed by atoms with E-state index in [2.05, 4.69) is 4.98 Å². The van der Waals surface area contributed by atoms with Crippen LogP contribution in [0.4, 0.5) is 15.8 Å². The van der Waals surface area contributed by atoms with Gasteiger partial charge in [-0.3, -0.25) is 4.79 Å². The third kappa shape index (κ3) is 3.87. The van der Waals surface area contributed by atoms with E-state index in [4.69, 9.17) is 4.74 Å². The number of nitrogens with zero attached hydrogens (tertiary/aromatic N) is 1. The fraction of sp³-hybridized carbons (Fsp3) is 0.368. The fourth-order valence-corrected chi connectivity index (χ4v) is 2.76. The Kier molecular flexibility index (Phi) is 6.38. The van der Waals surface area contributed by atoms with Gasteiger partial charge in [-0.1, -0.05) is 25.5 Å². The SMILES string of the molecule is CCCCc1[nH]c(=O)c(C(=O)OCC)c(O)c1N(C)c1ccccc1F. The second kappa shape index (κ2) is 8.51. The molecule has 0 aliphatic carbocycles. The number of rotatable bonds is 7. The van der Waals surface area contributed by atoms with Crippen molar-refractivity contribution in [2.45, 2.75) is 33.1 Å². The highest BCUT2D eigenvalue weighted by Gasteiger charge is 2.26. The molecule has 0 saturated carbocycles. The van der Waals surface area contributed by atoms with Gasteiger partial charge >= 0.3 is 5.97 Å². The first-order valence-electron chi connectivity index (χ1n) is 8.55. The molecule has 0 bridgehead atoms. The van der Waals surface area contributed by atoms with Crippen molar-refractivity contribution in [1.29, 1.82) is 0 Å². The maximum atomic E-state index is 14.2. The molecule has 7 heteroatoms. The lowest BCUT2D eigenvalue weighted by Crippen LogP contribution is -2.25. The van der Waals surface area contributed by atoms with E-state index in [1.807, 2.05) is 6.92 Å². The van der Waals surface area contributed by atoms with Crippen molar-refractivity contribution >= 4 is 17.3 Å². The topological polar surface area (TPSA) is 82.6 Å². The molecule has 1 aromatic heterocycles. The number of aromatic nitrogens is 1. The summed E-state index contributed by atoms with van der Waals surface area (Å²) in [6, 6.07) is 6.07. The summed E-state index contributed by atoms with van der Waals surface area (Å²) in [5, 5.41) is 10.7. The number of anilines is 2. The predicted molar refractivity (Wildman–Crippen MR) is 97.8 cm³/mol. The summed E-state index contributed by atoms with van der Waals surface area (Å²) in [4.78, 5) is 28.5. The van der Waals surface area contributed by atoms with Gasteiger partial charge in [0, 0.05) is 12.7 Å². The normalized spacial score (nSPS) is 10.6. The van der Waals surface area contributed by atoms with Gasteiger partial charge in [0.15, 0.2) is 11.3 Å². The van der Waals surface area contributed by atoms with Gasteiger partial charge in [-0.25, -0.2) is 9.18 Å². The number of para-hydroxylation sites is 1. The molecule has 0 aliphatic heterocycles. The quantitative estimate of drug-likeness (QED) is 0.737. The number of carbonyl (C=O) groups excluding carboxylic acids is 1. The Balaban J connectivity index is 2.67. The first-order chi connectivity index (χ1) is 12.4. The Labute approximate surface area is 151 Å². The second-order valence-electron chi connectivity index (χ2n) is 5.84. The summed E-state index contributed by atoms with van der Waals surface area (Å²) in [5.41, 5.74) is -0.371. The molecule has 140 valence electrons. The molecular weight excluding hydrogens is 339 g/mol. The van der Waals surface area contributed by atoms with Crippen LogP contribution in [0.5, 0.6) is 5.75 Å². The molecule has 0 aliphatic rings. The summed E-state index contributed by atoms with van der Waals surface area (Å²) in [5.74, 6) is -1.92. The van der Waals surface area contributed by atoms with E-state index in [9.17, 15) is 19.1 Å². The summed E-state index contributed by atoms with van der Waals surface area (Å²) in [6.07, 6.45) is 2.09. The number of aryl methyl sites for hydroxylation is 1. The highest BCUT2D eigenvalue weighted by Crippen LogP contribution is 2.37. The first-order valence-corrected chi connectivity index (χ1v) is 8.55. The van der Waals surface area contributed by atoms with Crippen LogP contribution in [0.15, 0.2) is 29.1 Å². The second-order valence-corrected chi connectivity index (χ2v) is 5.84. The van der Waals surface area contributed by atoms with Crippen LogP contribution in [0.2, 0.25) is 0 Å². The van der Waals surface area contributed by atoms with Crippen LogP contribution >= 0.6 is 0 Å². The molecule has 2 N–H and O–H groups in total. The minimum absolute atomic E-state index is 0.0633. The average molecular weight is 362 g/mol. The summed E-state index contributed by atoms with van der Waals surface area (Å²) in [7, 11) is 1.57. The van der Waals surface area contributed by atoms with Gasteiger partial charge in [-0.2, -0.15) is 0 Å². The van der Waals surface area contributed by atoms with Crippen LogP contribution in [-0.2, 0) is 11.2 Å². The summed E-state index contributed by atoms with van der Waals surface area (Å²) < 4.78 is 19.1. The lowest BCUT2D eigenvalue weighted by molar-refractivity contribution is 0.0521. The molecule has 0 unspecified atom stereocenters. The zero-order valence-electron chi connectivity index (χ0n) is 15.1. The largest absolute Gasteiger partial charge is 0.505 e. The van der Waals surface area contributed by atoms with Crippen molar-refractivity contribution < 1.29 is 19.0 Å². The van der Waals surface area contributed by atoms with Gasteiger partial charge in [-0.15, -0.1) is 0 Å². The van der Waals surface area contributed by atoms with Crippen molar-refractivity contribution in [3.8, 4) is 5.75 Å². The maximum absolute atomic E-state index is 14.2. The van der Waals surface area contributed by atoms with Gasteiger partial charge in [0.2, 0.25) is 0 Å². The molecule has 0 amide bonds. The first kappa shape index (κ1) is 19.5. The van der Waals surface area contributed by atoms with Crippen molar-refractivity contribution in [3.63, 3.8) is 0 Å². The van der Waals surface area contributed by atoms with E-state index in [1.54, 1.807) is 32.2 Å². The molecular formula is C19H23FN2O4. The lowest BCUT2D eigenvalue weighted by atomic mass is 10.1. The molecule has 0 atom stereocenters. The molecule has 1 heterocycles. The molecule has 0 saturated heterocycles. The van der Waals surface area contributed by atoms with Gasteiger partial charge in [0.05, 0.1) is 12.3 Å². The Hall–Kier alpha value is -2.83. The number of hydrogen-bond acceptors (Lipinski definition) is 5. The lowest BCUT2D eigenvalue weighted by Gasteiger charge is -2.24. The molecule has 2 rings (SSSR count). The van der Waals surface area contributed by atoms with Crippen LogP contribution in [0.1, 0.15) is 42.7 Å². The zero-order valence-corrected chi connectivity index (χ0v) is 15.1. The number of carbonyl (C=O) groups is 1. The Morgan fingerprint density at radius 1 is 1.31 bits per heavy atom. The van der Waals surface area contributed by atoms with E-state index in [1.165, 1.54) is 11.0 Å². The van der Waals surface area contributed by atoms with Crippen LogP contribution in [0.3, 0.4) is 0 Å². The molecule has 2 aromatic rings. The number of aromatic amines is 1. The highest BCUT2D eigenvalue weighted by molar-refractivity contribution is 5.95. The van der Waals surface area contributed by atoms with Crippen molar-refractivity contribution in [2.75, 3.05) is 18.6 Å². The minimum Gasteiger partial charge on any atom is -0.505 e. The van der Waals surface area contributed by atoms with E-state index < -0.39 is 28.7 Å². The van der Waals surface area contributed by atoms with E-state index in [0.717, 1.165) is 12.8 Å². The van der Waals surface area contributed by atoms with Crippen LogP contribution < -0.4 is 10.5 Å². The maximum Gasteiger partial charge on any atom is 0.347 e. The van der Waals surface area contributed by atoms with Crippen molar-refractivity contribution in [3.05, 3.63) is 51.7 Å². The summed E-state index contributed by atoms with van der Waals surface area (Å²) >= 11 is 0. The predicted octanol–water partition coefficient (Wildman–Crippen LogP) is 3.51. The number of nitrogens with one attached hydrogen (secondary N) is 1. The van der Waals surface area contributed by atoms with Crippen molar-refractivity contribution in [2.24, 2.45) is 0 Å². The van der Waals surface area contributed by atoms with E-state index >= 15 is 0 Å². The van der Waals surface area contributed by atoms with Gasteiger partial charge < -0.3 is 19.7 Å². The number of aromatic hydroxyl groups is 1. The zero-order chi connectivity index (χ0) is 19.3. The molecule has 0 radical (unpaired) electrons. The van der Waals surface area contributed by atoms with Gasteiger partial charge in [0.25, 0.3) is 5.56 Å². The number of halogens is 1. The van der Waals surface area contributed by atoms with Gasteiger partial charge in [0.1, 0.15) is 11.5 Å². The van der Waals surface area contributed by atoms with E-state index in [-0.39, 0.29) is 18.0 Å². The monoisotopic (exact) mass is 362 g/mol. The molecule has 26 heavy (non-hydrogen) atoms. The highest BCUT2D eigenvalue weighted by atomic mass is 19.1. The minimum atomic E-state index is -0.920. The molecule has 1 aromatic carbocycles. The number of pyridine rings is 1. The Morgan fingerprint density at radius 2 is 2.00 bits per heavy atom.